The van der Waals surface area contributed by atoms with E-state index in [0.717, 1.165) is 56.2 Å². The molecule has 4 rings (SSSR count). The molecule has 0 bridgehead atoms. The van der Waals surface area contributed by atoms with Gasteiger partial charge in [-0.25, -0.2) is 9.97 Å². The van der Waals surface area contributed by atoms with Crippen LogP contribution in [-0.4, -0.2) is 69.5 Å². The lowest BCUT2D eigenvalue weighted by atomic mass is 9.73. The van der Waals surface area contributed by atoms with Gasteiger partial charge in [-0.2, -0.15) is 0 Å². The maximum absolute atomic E-state index is 13.4. The van der Waals surface area contributed by atoms with E-state index in [4.69, 9.17) is 5.73 Å². The number of β-amino-alcohol motifs (C(OH)–C–C–N with tert-alkyl or cyclic N) is 1. The van der Waals surface area contributed by atoms with Crippen molar-refractivity contribution in [3.8, 4) is 0 Å². The van der Waals surface area contributed by atoms with Gasteiger partial charge in [0.1, 0.15) is 5.69 Å². The summed E-state index contributed by atoms with van der Waals surface area (Å²) in [5.41, 5.74) is 8.16. The van der Waals surface area contributed by atoms with Gasteiger partial charge in [0.15, 0.2) is 0 Å². The van der Waals surface area contributed by atoms with Crippen molar-refractivity contribution in [1.82, 2.24) is 19.8 Å². The maximum atomic E-state index is 13.4. The molecule has 1 spiro atoms. The number of carbonyl (C=O) groups excluding carboxylic acids is 2. The Labute approximate surface area is 165 Å². The van der Waals surface area contributed by atoms with Crippen LogP contribution in [0, 0.1) is 5.41 Å². The molecule has 3 heterocycles. The first-order chi connectivity index (χ1) is 13.5. The molecule has 0 aromatic carbocycles. The molecule has 2 amide bonds. The summed E-state index contributed by atoms with van der Waals surface area (Å²) in [4.78, 5) is 37.9. The highest BCUT2D eigenvalue weighted by Crippen LogP contribution is 2.39. The van der Waals surface area contributed by atoms with Gasteiger partial charge < -0.3 is 20.6 Å². The summed E-state index contributed by atoms with van der Waals surface area (Å²) in [7, 11) is 0. The van der Waals surface area contributed by atoms with Crippen molar-refractivity contribution in [1.29, 1.82) is 0 Å². The molecule has 1 aromatic rings. The van der Waals surface area contributed by atoms with E-state index in [1.165, 1.54) is 0 Å². The zero-order chi connectivity index (χ0) is 19.7. The number of likely N-dealkylation sites (tertiary alicyclic amines) is 2. The highest BCUT2D eigenvalue weighted by molar-refractivity contribution is 5.94. The molecule has 2 fully saturated rings. The number of piperidine rings is 2. The predicted octanol–water partition coefficient (Wildman–Crippen LogP) is 0.775. The Kier molecular flexibility index (Phi) is 5.23. The molecule has 3 aliphatic rings. The number of nitrogen functional groups attached to an aromatic ring is 1. The summed E-state index contributed by atoms with van der Waals surface area (Å²) < 4.78 is 0. The average Bonchev–Trinajstić information content (AvgIpc) is 2.70. The zero-order valence-corrected chi connectivity index (χ0v) is 16.3. The van der Waals surface area contributed by atoms with Crippen LogP contribution >= 0.6 is 0 Å². The fraction of sp³-hybridized carbons (Fsp3) is 0.700. The van der Waals surface area contributed by atoms with Gasteiger partial charge in [0.05, 0.1) is 6.61 Å². The van der Waals surface area contributed by atoms with Crippen molar-refractivity contribution in [3.63, 3.8) is 0 Å². The SMILES string of the molecule is Nc1nc2c(c(C(=O)N3CCC[C@@]4(CCC(=O)N(CCO)C4)C3)n1)CCCC2. The normalized spacial score (nSPS) is 25.1. The lowest BCUT2D eigenvalue weighted by molar-refractivity contribution is -0.139. The molecule has 8 nitrogen and oxygen atoms in total. The second-order valence-corrected chi connectivity index (χ2v) is 8.43. The van der Waals surface area contributed by atoms with Crippen molar-refractivity contribution < 1.29 is 14.7 Å². The Morgan fingerprint density at radius 1 is 1.11 bits per heavy atom. The third-order valence-electron chi connectivity index (χ3n) is 6.47. The Bertz CT molecular complexity index is 783. The monoisotopic (exact) mass is 387 g/mol. The fourth-order valence-corrected chi connectivity index (χ4v) is 5.08. The molecule has 1 atom stereocenters. The van der Waals surface area contributed by atoms with Gasteiger partial charge >= 0.3 is 0 Å². The van der Waals surface area contributed by atoms with Crippen LogP contribution in [0.25, 0.3) is 0 Å². The van der Waals surface area contributed by atoms with Crippen LogP contribution in [-0.2, 0) is 17.6 Å². The summed E-state index contributed by atoms with van der Waals surface area (Å²) >= 11 is 0. The van der Waals surface area contributed by atoms with Gasteiger partial charge in [-0.3, -0.25) is 9.59 Å². The van der Waals surface area contributed by atoms with Crippen LogP contribution in [0.5, 0.6) is 0 Å². The molecule has 0 saturated carbocycles. The molecule has 0 radical (unpaired) electrons. The number of aryl methyl sites for hydroxylation is 1. The van der Waals surface area contributed by atoms with E-state index >= 15 is 0 Å². The van der Waals surface area contributed by atoms with Crippen molar-refractivity contribution in [2.75, 3.05) is 38.5 Å². The predicted molar refractivity (Wildman–Crippen MR) is 104 cm³/mol. The summed E-state index contributed by atoms with van der Waals surface area (Å²) in [5, 5.41) is 9.27. The summed E-state index contributed by atoms with van der Waals surface area (Å²) in [5.74, 6) is 0.214. The van der Waals surface area contributed by atoms with Gasteiger partial charge in [-0.05, 0) is 44.9 Å². The number of aromatic nitrogens is 2. The lowest BCUT2D eigenvalue weighted by Gasteiger charge is -2.48. The van der Waals surface area contributed by atoms with Crippen molar-refractivity contribution in [3.05, 3.63) is 17.0 Å². The first-order valence-corrected chi connectivity index (χ1v) is 10.3. The maximum Gasteiger partial charge on any atom is 0.272 e. The minimum Gasteiger partial charge on any atom is -0.395 e. The van der Waals surface area contributed by atoms with E-state index in [0.29, 0.717) is 38.3 Å². The number of aliphatic hydroxyl groups excluding tert-OH is 1. The Balaban J connectivity index is 1.56. The van der Waals surface area contributed by atoms with E-state index in [9.17, 15) is 14.7 Å². The average molecular weight is 387 g/mol. The van der Waals surface area contributed by atoms with Crippen LogP contribution in [0.15, 0.2) is 0 Å². The van der Waals surface area contributed by atoms with E-state index in [1.807, 2.05) is 4.90 Å². The highest BCUT2D eigenvalue weighted by atomic mass is 16.3. The third kappa shape index (κ3) is 3.57. The van der Waals surface area contributed by atoms with Crippen LogP contribution < -0.4 is 5.73 Å². The van der Waals surface area contributed by atoms with Crippen molar-refractivity contribution in [2.24, 2.45) is 5.41 Å². The number of rotatable bonds is 3. The van der Waals surface area contributed by atoms with Crippen molar-refractivity contribution >= 4 is 17.8 Å². The first-order valence-electron chi connectivity index (χ1n) is 10.3. The molecule has 1 aliphatic carbocycles. The molecule has 1 aromatic heterocycles. The zero-order valence-electron chi connectivity index (χ0n) is 16.3. The number of hydrogen-bond donors (Lipinski definition) is 2. The summed E-state index contributed by atoms with van der Waals surface area (Å²) in [6.07, 6.45) is 6.98. The number of aliphatic hydroxyl groups is 1. The van der Waals surface area contributed by atoms with Gasteiger partial charge in [-0.15, -0.1) is 0 Å². The summed E-state index contributed by atoms with van der Waals surface area (Å²) in [6, 6.07) is 0. The lowest BCUT2D eigenvalue weighted by Crippen LogP contribution is -2.55. The van der Waals surface area contributed by atoms with Gasteiger partial charge in [-0.1, -0.05) is 0 Å². The molecular formula is C20H29N5O3. The molecular weight excluding hydrogens is 358 g/mol. The largest absolute Gasteiger partial charge is 0.395 e. The number of fused-ring (bicyclic) bond motifs is 1. The van der Waals surface area contributed by atoms with E-state index in [1.54, 1.807) is 4.90 Å². The van der Waals surface area contributed by atoms with Crippen LogP contribution in [0.2, 0.25) is 0 Å². The number of carbonyl (C=O) groups is 2. The minimum absolute atomic E-state index is 0.0309. The second kappa shape index (κ2) is 7.66. The second-order valence-electron chi connectivity index (χ2n) is 8.43. The Morgan fingerprint density at radius 2 is 1.93 bits per heavy atom. The molecule has 2 aliphatic heterocycles. The van der Waals surface area contributed by atoms with Gasteiger partial charge in [0.2, 0.25) is 11.9 Å². The molecule has 28 heavy (non-hydrogen) atoms. The summed E-state index contributed by atoms with van der Waals surface area (Å²) in [6.45, 7) is 2.27. The standard InChI is InChI=1S/C20H29N5O3/c21-19-22-15-5-2-1-4-14(15)17(23-19)18(28)25-9-3-7-20(13-25)8-6-16(27)24(12-20)10-11-26/h26H,1-13H2,(H2,21,22,23)/t20-/m0/s1. The topological polar surface area (TPSA) is 113 Å². The smallest absolute Gasteiger partial charge is 0.272 e. The van der Waals surface area contributed by atoms with E-state index in [-0.39, 0.29) is 29.8 Å². The molecule has 2 saturated heterocycles. The number of hydrogen-bond acceptors (Lipinski definition) is 6. The van der Waals surface area contributed by atoms with Gasteiger partial charge in [0, 0.05) is 49.3 Å². The molecule has 0 unspecified atom stereocenters. The molecule has 8 heteroatoms. The third-order valence-corrected chi connectivity index (χ3v) is 6.47. The first kappa shape index (κ1) is 19.1. The van der Waals surface area contributed by atoms with E-state index < -0.39 is 0 Å². The van der Waals surface area contributed by atoms with Crippen LogP contribution in [0.1, 0.15) is 60.3 Å². The molecule has 152 valence electrons. The number of anilines is 1. The van der Waals surface area contributed by atoms with Gasteiger partial charge in [0.25, 0.3) is 5.91 Å². The van der Waals surface area contributed by atoms with E-state index in [2.05, 4.69) is 9.97 Å². The van der Waals surface area contributed by atoms with Crippen LogP contribution in [0.3, 0.4) is 0 Å². The Hall–Kier alpha value is -2.22. The van der Waals surface area contributed by atoms with Crippen LogP contribution in [0.4, 0.5) is 5.95 Å². The van der Waals surface area contributed by atoms with Crippen molar-refractivity contribution in [2.45, 2.75) is 51.4 Å². The number of nitrogens with two attached hydrogens (primary N) is 1. The Morgan fingerprint density at radius 3 is 2.75 bits per heavy atom. The quantitative estimate of drug-likeness (QED) is 0.792. The number of nitrogens with zero attached hydrogens (tertiary/aromatic N) is 4. The minimum atomic E-state index is -0.0877. The highest BCUT2D eigenvalue weighted by Gasteiger charge is 2.43. The fourth-order valence-electron chi connectivity index (χ4n) is 5.08. The molecule has 3 N–H and O–H groups in total. The number of amides is 2.